The summed E-state index contributed by atoms with van der Waals surface area (Å²) in [5, 5.41) is 7.33. The van der Waals surface area contributed by atoms with Gasteiger partial charge >= 0.3 is 0 Å². The smallest absolute Gasteiger partial charge is 0.234 e. The molecule has 0 spiro atoms. The van der Waals surface area contributed by atoms with Crippen LogP contribution in [0.1, 0.15) is 23.8 Å². The van der Waals surface area contributed by atoms with Gasteiger partial charge in [-0.3, -0.25) is 4.98 Å². The number of aryl methyl sites for hydroxylation is 1. The number of nitrogens with zero attached hydrogens (tertiary/aromatic N) is 3. The van der Waals surface area contributed by atoms with Gasteiger partial charge < -0.3 is 14.6 Å². The molecular weight excluding hydrogens is 256 g/mol. The third-order valence-electron chi connectivity index (χ3n) is 3.63. The van der Waals surface area contributed by atoms with Crippen molar-refractivity contribution < 1.29 is 9.26 Å². The molecule has 2 aromatic rings. The van der Waals surface area contributed by atoms with Crippen molar-refractivity contribution in [1.82, 2.24) is 20.4 Å². The Bertz CT molecular complexity index is 584. The van der Waals surface area contributed by atoms with Gasteiger partial charge in [-0.05, 0) is 38.1 Å². The number of hydrogen-bond acceptors (Lipinski definition) is 6. The Balaban J connectivity index is 1.86. The molecular formula is C14H18N4O2. The molecule has 0 bridgehead atoms. The first kappa shape index (κ1) is 13.2. The fourth-order valence-corrected chi connectivity index (χ4v) is 2.48. The molecule has 1 saturated heterocycles. The van der Waals surface area contributed by atoms with E-state index in [9.17, 15) is 0 Å². The molecule has 0 radical (unpaired) electrons. The van der Waals surface area contributed by atoms with Gasteiger partial charge in [0.15, 0.2) is 0 Å². The summed E-state index contributed by atoms with van der Waals surface area (Å²) in [4.78, 5) is 8.76. The third-order valence-corrected chi connectivity index (χ3v) is 3.63. The predicted octanol–water partition coefficient (Wildman–Crippen LogP) is 1.53. The van der Waals surface area contributed by atoms with Crippen molar-refractivity contribution in [3.8, 4) is 11.5 Å². The molecule has 3 rings (SSSR count). The van der Waals surface area contributed by atoms with Crippen LogP contribution in [0.15, 0.2) is 22.9 Å². The largest absolute Gasteiger partial charge is 0.381 e. The molecule has 1 aliphatic heterocycles. The van der Waals surface area contributed by atoms with E-state index in [-0.39, 0.29) is 5.92 Å². The van der Waals surface area contributed by atoms with E-state index in [2.05, 4.69) is 20.4 Å². The van der Waals surface area contributed by atoms with Crippen LogP contribution < -0.4 is 5.32 Å². The van der Waals surface area contributed by atoms with Crippen molar-refractivity contribution in [2.45, 2.75) is 25.3 Å². The lowest BCUT2D eigenvalue weighted by atomic mass is 9.96. The van der Waals surface area contributed by atoms with Gasteiger partial charge in [0.05, 0.1) is 12.5 Å². The monoisotopic (exact) mass is 274 g/mol. The maximum Gasteiger partial charge on any atom is 0.234 e. The van der Waals surface area contributed by atoms with Crippen LogP contribution in [-0.2, 0) is 4.74 Å². The van der Waals surface area contributed by atoms with Crippen LogP contribution in [0.3, 0.4) is 0 Å². The first-order valence-electron chi connectivity index (χ1n) is 6.79. The summed E-state index contributed by atoms with van der Waals surface area (Å²) in [5.41, 5.74) is 1.85. The molecule has 0 aliphatic carbocycles. The van der Waals surface area contributed by atoms with E-state index in [1.165, 1.54) is 0 Å². The highest BCUT2D eigenvalue weighted by Crippen LogP contribution is 2.26. The van der Waals surface area contributed by atoms with Crippen molar-refractivity contribution in [2.24, 2.45) is 0 Å². The summed E-state index contributed by atoms with van der Waals surface area (Å²) < 4.78 is 10.9. The van der Waals surface area contributed by atoms with Crippen LogP contribution in [0.25, 0.3) is 11.5 Å². The molecule has 106 valence electrons. The molecule has 3 heterocycles. The Morgan fingerprint density at radius 3 is 3.10 bits per heavy atom. The second-order valence-corrected chi connectivity index (χ2v) is 5.04. The standard InChI is InChI=1S/C14H18N4O2/c1-9-3-5-16-12(7-9)13-17-14(20-18-13)10-8-19-6-4-11(10)15-2/h3,5,7,10-11,15H,4,6,8H2,1-2H3. The molecule has 6 nitrogen and oxygen atoms in total. The Hall–Kier alpha value is -1.79. The minimum absolute atomic E-state index is 0.0970. The van der Waals surface area contributed by atoms with Gasteiger partial charge in [0.1, 0.15) is 5.69 Å². The first-order chi connectivity index (χ1) is 9.78. The summed E-state index contributed by atoms with van der Waals surface area (Å²) >= 11 is 0. The van der Waals surface area contributed by atoms with Crippen molar-refractivity contribution in [1.29, 1.82) is 0 Å². The molecule has 2 atom stereocenters. The number of nitrogens with one attached hydrogen (secondary N) is 1. The molecule has 2 unspecified atom stereocenters. The fraction of sp³-hybridized carbons (Fsp3) is 0.500. The van der Waals surface area contributed by atoms with Crippen LogP contribution in [0.4, 0.5) is 0 Å². The van der Waals surface area contributed by atoms with Crippen LogP contribution >= 0.6 is 0 Å². The number of ether oxygens (including phenoxy) is 1. The van der Waals surface area contributed by atoms with Crippen LogP contribution in [0.2, 0.25) is 0 Å². The predicted molar refractivity (Wildman–Crippen MR) is 73.3 cm³/mol. The van der Waals surface area contributed by atoms with E-state index < -0.39 is 0 Å². The SMILES string of the molecule is CNC1CCOCC1c1nc(-c2cc(C)ccn2)no1. The number of likely N-dealkylation sites (N-methyl/N-ethyl adjacent to an activating group) is 1. The molecule has 20 heavy (non-hydrogen) atoms. The van der Waals surface area contributed by atoms with Crippen LogP contribution in [0.5, 0.6) is 0 Å². The van der Waals surface area contributed by atoms with Crippen molar-refractivity contribution in [3.63, 3.8) is 0 Å². The first-order valence-corrected chi connectivity index (χ1v) is 6.79. The van der Waals surface area contributed by atoms with E-state index in [0.717, 1.165) is 24.3 Å². The van der Waals surface area contributed by atoms with E-state index in [0.29, 0.717) is 24.4 Å². The maximum atomic E-state index is 5.52. The summed E-state index contributed by atoms with van der Waals surface area (Å²) in [7, 11) is 1.95. The summed E-state index contributed by atoms with van der Waals surface area (Å²) in [6, 6.07) is 4.19. The fourth-order valence-electron chi connectivity index (χ4n) is 2.48. The second kappa shape index (κ2) is 5.68. The van der Waals surface area contributed by atoms with Gasteiger partial charge in [0.2, 0.25) is 11.7 Å². The Morgan fingerprint density at radius 2 is 2.30 bits per heavy atom. The van der Waals surface area contributed by atoms with E-state index in [1.807, 2.05) is 26.1 Å². The molecule has 1 aliphatic rings. The minimum atomic E-state index is 0.0970. The molecule has 1 fully saturated rings. The topological polar surface area (TPSA) is 73.1 Å². The van der Waals surface area contributed by atoms with Crippen molar-refractivity contribution in [3.05, 3.63) is 29.8 Å². The molecule has 0 aromatic carbocycles. The molecule has 2 aromatic heterocycles. The van der Waals surface area contributed by atoms with Gasteiger partial charge in [-0.1, -0.05) is 5.16 Å². The average molecular weight is 274 g/mol. The van der Waals surface area contributed by atoms with Crippen LogP contribution in [-0.4, -0.2) is 41.4 Å². The molecule has 0 saturated carbocycles. The van der Waals surface area contributed by atoms with Gasteiger partial charge in [0, 0.05) is 18.8 Å². The lowest BCUT2D eigenvalue weighted by Crippen LogP contribution is -2.39. The second-order valence-electron chi connectivity index (χ2n) is 5.04. The Morgan fingerprint density at radius 1 is 1.40 bits per heavy atom. The average Bonchev–Trinajstić information content (AvgIpc) is 2.97. The van der Waals surface area contributed by atoms with Gasteiger partial charge in [-0.15, -0.1) is 0 Å². The van der Waals surface area contributed by atoms with Gasteiger partial charge in [0.25, 0.3) is 0 Å². The van der Waals surface area contributed by atoms with Crippen molar-refractivity contribution >= 4 is 0 Å². The van der Waals surface area contributed by atoms with E-state index >= 15 is 0 Å². The Labute approximate surface area is 117 Å². The third kappa shape index (κ3) is 2.57. The minimum Gasteiger partial charge on any atom is -0.381 e. The van der Waals surface area contributed by atoms with Crippen molar-refractivity contribution in [2.75, 3.05) is 20.3 Å². The highest BCUT2D eigenvalue weighted by atomic mass is 16.5. The maximum absolute atomic E-state index is 5.52. The zero-order valence-electron chi connectivity index (χ0n) is 11.7. The summed E-state index contributed by atoms with van der Waals surface area (Å²) in [6.07, 6.45) is 2.70. The number of aromatic nitrogens is 3. The zero-order chi connectivity index (χ0) is 13.9. The Kier molecular flexibility index (Phi) is 3.75. The van der Waals surface area contributed by atoms with E-state index in [4.69, 9.17) is 9.26 Å². The van der Waals surface area contributed by atoms with Gasteiger partial charge in [-0.25, -0.2) is 0 Å². The number of pyridine rings is 1. The quantitative estimate of drug-likeness (QED) is 0.915. The molecule has 1 N–H and O–H groups in total. The lowest BCUT2D eigenvalue weighted by Gasteiger charge is -2.28. The molecule has 0 amide bonds. The summed E-state index contributed by atoms with van der Waals surface area (Å²) in [5.74, 6) is 1.24. The highest BCUT2D eigenvalue weighted by Gasteiger charge is 2.30. The lowest BCUT2D eigenvalue weighted by molar-refractivity contribution is 0.0516. The summed E-state index contributed by atoms with van der Waals surface area (Å²) in [6.45, 7) is 3.38. The normalized spacial score (nSPS) is 22.9. The number of rotatable bonds is 3. The molecule has 6 heteroatoms. The highest BCUT2D eigenvalue weighted by molar-refractivity contribution is 5.49. The number of hydrogen-bond donors (Lipinski definition) is 1. The zero-order valence-corrected chi connectivity index (χ0v) is 11.7. The van der Waals surface area contributed by atoms with Crippen LogP contribution in [0, 0.1) is 6.92 Å². The van der Waals surface area contributed by atoms with E-state index in [1.54, 1.807) is 6.20 Å². The van der Waals surface area contributed by atoms with Gasteiger partial charge in [-0.2, -0.15) is 4.98 Å².